The molecule has 0 radical (unpaired) electrons. The lowest BCUT2D eigenvalue weighted by Crippen LogP contribution is -2.40. The van der Waals surface area contributed by atoms with E-state index in [4.69, 9.17) is 0 Å². The fourth-order valence-corrected chi connectivity index (χ4v) is 6.44. The number of ketones is 2. The summed E-state index contributed by atoms with van der Waals surface area (Å²) < 4.78 is 4.77. The second-order valence-corrected chi connectivity index (χ2v) is 10.1. The van der Waals surface area contributed by atoms with Gasteiger partial charge in [0, 0.05) is 28.7 Å². The Labute approximate surface area is 215 Å². The van der Waals surface area contributed by atoms with E-state index in [1.807, 2.05) is 6.08 Å². The molecule has 4 aliphatic rings. The van der Waals surface area contributed by atoms with Crippen LogP contribution in [0.1, 0.15) is 29.9 Å². The van der Waals surface area contributed by atoms with Gasteiger partial charge >= 0.3 is 6.09 Å². The summed E-state index contributed by atoms with van der Waals surface area (Å²) in [5, 5.41) is 11.2. The van der Waals surface area contributed by atoms with E-state index in [0.717, 1.165) is 7.11 Å². The van der Waals surface area contributed by atoms with Gasteiger partial charge in [0.05, 0.1) is 23.4 Å². The number of rotatable bonds is 3. The van der Waals surface area contributed by atoms with Crippen LogP contribution < -0.4 is 0 Å². The molecule has 1 saturated heterocycles. The lowest BCUT2D eigenvalue weighted by molar-refractivity contribution is -0.137. The van der Waals surface area contributed by atoms with Gasteiger partial charge in [0.1, 0.15) is 5.75 Å². The van der Waals surface area contributed by atoms with Crippen LogP contribution in [0.25, 0.3) is 0 Å². The maximum atomic E-state index is 13.4. The van der Waals surface area contributed by atoms with E-state index in [-0.39, 0.29) is 45.8 Å². The number of phenols is 1. The predicted molar refractivity (Wildman–Crippen MR) is 131 cm³/mol. The molecule has 8 nitrogen and oxygen atoms in total. The average Bonchev–Trinajstić information content (AvgIpc) is 3.12. The summed E-state index contributed by atoms with van der Waals surface area (Å²) in [7, 11) is 1.09. The van der Waals surface area contributed by atoms with E-state index in [9.17, 15) is 29.1 Å². The van der Waals surface area contributed by atoms with Crippen molar-refractivity contribution < 1.29 is 33.8 Å². The number of nitrogens with zero attached hydrogens (tertiary/aromatic N) is 1. The van der Waals surface area contributed by atoms with Crippen molar-refractivity contribution >= 4 is 45.4 Å². The Morgan fingerprint density at radius 3 is 2.67 bits per heavy atom. The molecule has 1 aromatic carbocycles. The number of ether oxygens (including phenoxy) is 1. The molecule has 0 bridgehead atoms. The standard InChI is InChI=1S/C27H22BrNO7/c1-3-5-12-6-4-7-14(23(12)31)20-13-8-9-15-21(26(34)29(25(15)33)27(35)36-2)16(13)10-17-22(20)19(30)11-18(28)24(17)32/h3-4,6-8,11,15-16,20-21,31H,1,5,9-10H2,2H3/t15-,16+,20+,21-/m0/s1. The number of amides is 3. The van der Waals surface area contributed by atoms with E-state index in [0.29, 0.717) is 28.0 Å². The Bertz CT molecular complexity index is 1370. The van der Waals surface area contributed by atoms with Crippen molar-refractivity contribution in [3.63, 3.8) is 0 Å². The normalized spacial score (nSPS) is 27.2. The van der Waals surface area contributed by atoms with Crippen molar-refractivity contribution in [2.75, 3.05) is 7.11 Å². The number of imide groups is 3. The number of para-hydroxylation sites is 1. The lowest BCUT2D eigenvalue weighted by atomic mass is 9.59. The van der Waals surface area contributed by atoms with Crippen LogP contribution in [0.4, 0.5) is 4.79 Å². The molecule has 1 N–H and O–H groups in total. The maximum Gasteiger partial charge on any atom is 0.423 e. The van der Waals surface area contributed by atoms with E-state index >= 15 is 0 Å². The molecule has 1 heterocycles. The van der Waals surface area contributed by atoms with Crippen molar-refractivity contribution in [3.8, 4) is 5.75 Å². The highest BCUT2D eigenvalue weighted by Gasteiger charge is 2.58. The number of hydrogen-bond acceptors (Lipinski definition) is 7. The van der Waals surface area contributed by atoms with Crippen LogP contribution in [-0.2, 0) is 30.3 Å². The first kappa shape index (κ1) is 24.1. The predicted octanol–water partition coefficient (Wildman–Crippen LogP) is 3.65. The molecule has 36 heavy (non-hydrogen) atoms. The number of Topliss-reactive ketones (excluding diaryl/α,β-unsaturated/α-hetero) is 1. The molecule has 1 fully saturated rings. The zero-order valence-electron chi connectivity index (χ0n) is 19.3. The molecule has 1 aromatic rings. The molecule has 3 amide bonds. The van der Waals surface area contributed by atoms with Crippen LogP contribution in [-0.4, -0.2) is 46.6 Å². The van der Waals surface area contributed by atoms with Crippen molar-refractivity contribution in [1.29, 1.82) is 0 Å². The number of methoxy groups -OCH3 is 1. The van der Waals surface area contributed by atoms with Crippen LogP contribution in [0.3, 0.4) is 0 Å². The zero-order valence-corrected chi connectivity index (χ0v) is 20.9. The van der Waals surface area contributed by atoms with E-state index < -0.39 is 41.6 Å². The minimum Gasteiger partial charge on any atom is -0.507 e. The fourth-order valence-electron chi connectivity index (χ4n) is 6.00. The van der Waals surface area contributed by atoms with Gasteiger partial charge in [-0.25, -0.2) is 4.79 Å². The summed E-state index contributed by atoms with van der Waals surface area (Å²) in [6.07, 6.45) is 4.29. The Balaban J connectivity index is 1.70. The molecular formula is C27H22BrNO7. The third kappa shape index (κ3) is 3.37. The zero-order chi connectivity index (χ0) is 25.9. The molecule has 0 aromatic heterocycles. The third-order valence-corrected chi connectivity index (χ3v) is 8.10. The topological polar surface area (TPSA) is 118 Å². The van der Waals surface area contributed by atoms with E-state index in [2.05, 4.69) is 27.2 Å². The fraction of sp³-hybridized carbons (Fsp3) is 0.296. The van der Waals surface area contributed by atoms with Gasteiger partial charge < -0.3 is 9.84 Å². The molecule has 184 valence electrons. The summed E-state index contributed by atoms with van der Waals surface area (Å²) >= 11 is 3.17. The number of fused-ring (bicyclic) bond motifs is 3. The highest BCUT2D eigenvalue weighted by atomic mass is 79.9. The smallest absolute Gasteiger partial charge is 0.423 e. The van der Waals surface area contributed by atoms with Crippen molar-refractivity contribution in [1.82, 2.24) is 4.90 Å². The average molecular weight is 552 g/mol. The summed E-state index contributed by atoms with van der Waals surface area (Å²) in [5.74, 6) is -5.13. The highest BCUT2D eigenvalue weighted by Crippen LogP contribution is 2.56. The van der Waals surface area contributed by atoms with E-state index in [1.165, 1.54) is 6.08 Å². The van der Waals surface area contributed by atoms with Crippen molar-refractivity contribution in [2.45, 2.75) is 25.2 Å². The largest absolute Gasteiger partial charge is 0.507 e. The quantitative estimate of drug-likeness (QED) is 0.346. The van der Waals surface area contributed by atoms with Gasteiger partial charge in [0.2, 0.25) is 11.8 Å². The first-order valence-electron chi connectivity index (χ1n) is 11.5. The van der Waals surface area contributed by atoms with Gasteiger partial charge in [-0.3, -0.25) is 19.2 Å². The number of hydrogen-bond donors (Lipinski definition) is 1. The molecular weight excluding hydrogens is 530 g/mol. The number of halogens is 1. The van der Waals surface area contributed by atoms with Crippen LogP contribution in [0, 0.1) is 17.8 Å². The second-order valence-electron chi connectivity index (χ2n) is 9.22. The van der Waals surface area contributed by atoms with Crippen LogP contribution in [0.15, 0.2) is 64.2 Å². The number of phenolic OH excluding ortho intramolecular Hbond substituents is 1. The number of allylic oxidation sites excluding steroid dienone is 7. The summed E-state index contributed by atoms with van der Waals surface area (Å²) in [6, 6.07) is 5.20. The summed E-state index contributed by atoms with van der Waals surface area (Å²) in [6.45, 7) is 3.73. The molecule has 3 aliphatic carbocycles. The number of aromatic hydroxyl groups is 1. The summed E-state index contributed by atoms with van der Waals surface area (Å²) in [5.41, 5.74) is 2.23. The van der Waals surface area contributed by atoms with Crippen LogP contribution in [0.5, 0.6) is 5.75 Å². The third-order valence-electron chi connectivity index (χ3n) is 7.51. The number of carbonyl (C=O) groups excluding carboxylic acids is 5. The Morgan fingerprint density at radius 1 is 1.22 bits per heavy atom. The Kier molecular flexibility index (Phi) is 5.90. The molecule has 0 saturated carbocycles. The molecule has 9 heteroatoms. The van der Waals surface area contributed by atoms with Crippen molar-refractivity contribution in [3.05, 3.63) is 75.3 Å². The Hall–Kier alpha value is -3.59. The second kappa shape index (κ2) is 8.81. The monoisotopic (exact) mass is 551 g/mol. The van der Waals surface area contributed by atoms with Gasteiger partial charge in [0.15, 0.2) is 11.6 Å². The lowest BCUT2D eigenvalue weighted by Gasteiger charge is -2.42. The first-order chi connectivity index (χ1) is 17.2. The molecule has 1 aliphatic heterocycles. The SMILES string of the molecule is C=CCc1cccc([C@H]2C3=CC[C@@H]4C(=O)N(C(=O)OC)C(=O)[C@@H]4[C@@H]3CC3=C2C(=O)C=C(Br)C3=O)c1O. The molecule has 4 atom stereocenters. The Morgan fingerprint density at radius 2 is 1.97 bits per heavy atom. The van der Waals surface area contributed by atoms with Crippen LogP contribution >= 0.6 is 15.9 Å². The van der Waals surface area contributed by atoms with Gasteiger partial charge in [-0.2, -0.15) is 4.90 Å². The molecule has 5 rings (SSSR count). The molecule has 0 spiro atoms. The minimum atomic E-state index is -1.04. The summed E-state index contributed by atoms with van der Waals surface area (Å²) in [4.78, 5) is 65.5. The first-order valence-corrected chi connectivity index (χ1v) is 12.3. The molecule has 0 unspecified atom stereocenters. The number of benzene rings is 1. The maximum absolute atomic E-state index is 13.4. The highest BCUT2D eigenvalue weighted by molar-refractivity contribution is 9.12. The van der Waals surface area contributed by atoms with Gasteiger partial charge in [-0.1, -0.05) is 35.9 Å². The van der Waals surface area contributed by atoms with Crippen molar-refractivity contribution in [2.24, 2.45) is 17.8 Å². The minimum absolute atomic E-state index is 0.0168. The van der Waals surface area contributed by atoms with Crippen LogP contribution in [0.2, 0.25) is 0 Å². The van der Waals surface area contributed by atoms with Gasteiger partial charge in [-0.05, 0) is 46.7 Å². The van der Waals surface area contributed by atoms with Gasteiger partial charge in [-0.15, -0.1) is 6.58 Å². The number of likely N-dealkylation sites (tertiary alicyclic amines) is 1. The van der Waals surface area contributed by atoms with E-state index in [1.54, 1.807) is 24.3 Å². The number of carbonyl (C=O) groups is 5. The van der Waals surface area contributed by atoms with Gasteiger partial charge in [0.25, 0.3) is 0 Å².